The van der Waals surface area contributed by atoms with Gasteiger partial charge in [-0.05, 0) is 24.6 Å². The van der Waals surface area contributed by atoms with Gasteiger partial charge in [0.2, 0.25) is 0 Å². The van der Waals surface area contributed by atoms with E-state index in [-0.39, 0.29) is 5.91 Å². The molecule has 1 heterocycles. The van der Waals surface area contributed by atoms with Crippen LogP contribution < -0.4 is 14.8 Å². The minimum atomic E-state index is -0.443. The number of ether oxygens (including phenoxy) is 2. The normalized spacial score (nSPS) is 11.7. The zero-order chi connectivity index (χ0) is 19.4. The van der Waals surface area contributed by atoms with Crippen molar-refractivity contribution in [1.82, 2.24) is 20.1 Å². The number of hydrogen-bond acceptors (Lipinski definition) is 5. The van der Waals surface area contributed by atoms with E-state index in [1.807, 2.05) is 48.9 Å². The predicted molar refractivity (Wildman–Crippen MR) is 101 cm³/mol. The number of carbonyl (C=O) groups excluding carboxylic acids is 1. The number of nitrogens with one attached hydrogen (secondary N) is 1. The number of amides is 1. The summed E-state index contributed by atoms with van der Waals surface area (Å²) in [5.74, 6) is 2.25. The molecule has 1 N–H and O–H groups in total. The molecule has 1 aromatic heterocycles. The van der Waals surface area contributed by atoms with Crippen LogP contribution in [-0.4, -0.2) is 34.9 Å². The van der Waals surface area contributed by atoms with Crippen LogP contribution in [0.5, 0.6) is 11.5 Å². The Morgan fingerprint density at radius 1 is 1.04 bits per heavy atom. The van der Waals surface area contributed by atoms with Gasteiger partial charge in [0.1, 0.15) is 23.4 Å². The van der Waals surface area contributed by atoms with Gasteiger partial charge in [-0.1, -0.05) is 30.3 Å². The maximum Gasteiger partial charge on any atom is 0.252 e. The van der Waals surface area contributed by atoms with E-state index in [4.69, 9.17) is 9.47 Å². The summed E-state index contributed by atoms with van der Waals surface area (Å²) in [6, 6.07) is 14.3. The Morgan fingerprint density at radius 2 is 1.67 bits per heavy atom. The first-order valence-corrected chi connectivity index (χ1v) is 8.48. The monoisotopic (exact) mass is 366 g/mol. The number of methoxy groups -OCH3 is 2. The van der Waals surface area contributed by atoms with Crippen molar-refractivity contribution < 1.29 is 14.3 Å². The van der Waals surface area contributed by atoms with Crippen LogP contribution in [-0.2, 0) is 7.05 Å². The van der Waals surface area contributed by atoms with E-state index < -0.39 is 6.04 Å². The molecule has 0 aliphatic heterocycles. The fourth-order valence-corrected chi connectivity index (χ4v) is 2.77. The van der Waals surface area contributed by atoms with Gasteiger partial charge in [0.15, 0.2) is 5.82 Å². The summed E-state index contributed by atoms with van der Waals surface area (Å²) in [4.78, 5) is 13.0. The van der Waals surface area contributed by atoms with Crippen molar-refractivity contribution in [2.75, 3.05) is 14.2 Å². The lowest BCUT2D eigenvalue weighted by Crippen LogP contribution is -2.31. The van der Waals surface area contributed by atoms with E-state index in [1.165, 1.54) is 0 Å². The molecule has 0 saturated heterocycles. The highest BCUT2D eigenvalue weighted by Gasteiger charge is 2.23. The second-order valence-electron chi connectivity index (χ2n) is 6.08. The van der Waals surface area contributed by atoms with Gasteiger partial charge in [0, 0.05) is 18.7 Å². The zero-order valence-electron chi connectivity index (χ0n) is 15.8. The molecular weight excluding hydrogens is 344 g/mol. The van der Waals surface area contributed by atoms with Crippen molar-refractivity contribution in [2.24, 2.45) is 7.05 Å². The summed E-state index contributed by atoms with van der Waals surface area (Å²) >= 11 is 0. The minimum Gasteiger partial charge on any atom is -0.497 e. The molecule has 0 saturated carbocycles. The number of aryl methyl sites for hydroxylation is 1. The average Bonchev–Trinajstić information content (AvgIpc) is 3.04. The first kappa shape index (κ1) is 18.4. The van der Waals surface area contributed by atoms with E-state index in [0.717, 1.165) is 11.4 Å². The molecule has 140 valence electrons. The molecule has 1 amide bonds. The van der Waals surface area contributed by atoms with Gasteiger partial charge in [-0.2, -0.15) is 0 Å². The van der Waals surface area contributed by atoms with Crippen molar-refractivity contribution in [1.29, 1.82) is 0 Å². The van der Waals surface area contributed by atoms with Crippen molar-refractivity contribution in [3.8, 4) is 11.5 Å². The lowest BCUT2D eigenvalue weighted by molar-refractivity contribution is 0.0940. The largest absolute Gasteiger partial charge is 0.497 e. The number of rotatable bonds is 6. The maximum absolute atomic E-state index is 13.0. The van der Waals surface area contributed by atoms with E-state index in [9.17, 15) is 4.79 Å². The Kier molecular flexibility index (Phi) is 5.40. The van der Waals surface area contributed by atoms with Gasteiger partial charge in [0.25, 0.3) is 5.91 Å². The fourth-order valence-electron chi connectivity index (χ4n) is 2.77. The van der Waals surface area contributed by atoms with Crippen molar-refractivity contribution >= 4 is 5.91 Å². The molecule has 7 nitrogen and oxygen atoms in total. The number of hydrogen-bond donors (Lipinski definition) is 1. The molecule has 3 aromatic rings. The standard InChI is InChI=1S/C20H22N4O3/c1-13-22-23-19(24(13)2)18(14-8-6-5-7-9-14)21-20(25)15-10-16(26-3)12-17(11-15)27-4/h5-12,18H,1-4H3,(H,21,25). The number of nitrogens with zero attached hydrogens (tertiary/aromatic N) is 3. The van der Waals surface area contributed by atoms with Crippen LogP contribution in [0.1, 0.15) is 33.6 Å². The van der Waals surface area contributed by atoms with Gasteiger partial charge in [-0.3, -0.25) is 4.79 Å². The minimum absolute atomic E-state index is 0.262. The summed E-state index contributed by atoms with van der Waals surface area (Å²) in [5, 5.41) is 11.4. The second kappa shape index (κ2) is 7.90. The maximum atomic E-state index is 13.0. The summed E-state index contributed by atoms with van der Waals surface area (Å²) < 4.78 is 12.4. The molecule has 0 fully saturated rings. The van der Waals surface area contributed by atoms with Crippen LogP contribution in [0.4, 0.5) is 0 Å². The van der Waals surface area contributed by atoms with Gasteiger partial charge < -0.3 is 19.4 Å². The molecule has 0 aliphatic rings. The molecule has 1 atom stereocenters. The van der Waals surface area contributed by atoms with Crippen molar-refractivity contribution in [2.45, 2.75) is 13.0 Å². The molecule has 1 unspecified atom stereocenters. The molecule has 0 bridgehead atoms. The Hall–Kier alpha value is -3.35. The molecule has 3 rings (SSSR count). The van der Waals surface area contributed by atoms with Gasteiger partial charge >= 0.3 is 0 Å². The summed E-state index contributed by atoms with van der Waals surface area (Å²) in [6.07, 6.45) is 0. The lowest BCUT2D eigenvalue weighted by Gasteiger charge is -2.19. The van der Waals surface area contributed by atoms with Crippen LogP contribution >= 0.6 is 0 Å². The molecule has 0 aliphatic carbocycles. The molecule has 7 heteroatoms. The smallest absolute Gasteiger partial charge is 0.252 e. The molecule has 0 spiro atoms. The fraction of sp³-hybridized carbons (Fsp3) is 0.250. The third-order valence-corrected chi connectivity index (χ3v) is 4.41. The van der Waals surface area contributed by atoms with Gasteiger partial charge in [-0.25, -0.2) is 0 Å². The Balaban J connectivity index is 1.97. The third kappa shape index (κ3) is 3.92. The van der Waals surface area contributed by atoms with E-state index in [2.05, 4.69) is 15.5 Å². The van der Waals surface area contributed by atoms with E-state index in [1.54, 1.807) is 32.4 Å². The zero-order valence-corrected chi connectivity index (χ0v) is 15.8. The average molecular weight is 366 g/mol. The summed E-state index contributed by atoms with van der Waals surface area (Å²) in [6.45, 7) is 1.87. The molecule has 2 aromatic carbocycles. The molecule has 27 heavy (non-hydrogen) atoms. The topological polar surface area (TPSA) is 78.3 Å². The van der Waals surface area contributed by atoms with Crippen molar-refractivity contribution in [3.63, 3.8) is 0 Å². The Labute approximate surface area is 158 Å². The van der Waals surface area contributed by atoms with Gasteiger partial charge in [0.05, 0.1) is 14.2 Å². The predicted octanol–water partition coefficient (Wildman–Crippen LogP) is 2.66. The quantitative estimate of drug-likeness (QED) is 0.726. The third-order valence-electron chi connectivity index (χ3n) is 4.41. The summed E-state index contributed by atoms with van der Waals surface area (Å²) in [7, 11) is 4.97. The van der Waals surface area contributed by atoms with Crippen LogP contribution in [0.25, 0.3) is 0 Å². The highest BCUT2D eigenvalue weighted by molar-refractivity contribution is 5.95. The van der Waals surface area contributed by atoms with Crippen LogP contribution in [0.3, 0.4) is 0 Å². The first-order valence-electron chi connectivity index (χ1n) is 8.48. The van der Waals surface area contributed by atoms with E-state index >= 15 is 0 Å². The Morgan fingerprint density at radius 3 is 2.19 bits per heavy atom. The van der Waals surface area contributed by atoms with Gasteiger partial charge in [-0.15, -0.1) is 10.2 Å². The lowest BCUT2D eigenvalue weighted by atomic mass is 10.1. The van der Waals surface area contributed by atoms with E-state index in [0.29, 0.717) is 22.9 Å². The Bertz CT molecular complexity index is 915. The van der Waals surface area contributed by atoms with Crippen LogP contribution in [0.2, 0.25) is 0 Å². The number of aromatic nitrogens is 3. The van der Waals surface area contributed by atoms with Crippen LogP contribution in [0.15, 0.2) is 48.5 Å². The highest BCUT2D eigenvalue weighted by Crippen LogP contribution is 2.25. The first-order chi connectivity index (χ1) is 13.0. The second-order valence-corrected chi connectivity index (χ2v) is 6.08. The summed E-state index contributed by atoms with van der Waals surface area (Å²) in [5.41, 5.74) is 1.35. The number of carbonyl (C=O) groups is 1. The van der Waals surface area contributed by atoms with Crippen LogP contribution in [0, 0.1) is 6.92 Å². The van der Waals surface area contributed by atoms with Crippen molar-refractivity contribution in [3.05, 3.63) is 71.3 Å². The number of benzene rings is 2. The molecular formula is C20H22N4O3. The molecule has 0 radical (unpaired) electrons. The SMILES string of the molecule is COc1cc(OC)cc(C(=O)NC(c2ccccc2)c2nnc(C)n2C)c1. The highest BCUT2D eigenvalue weighted by atomic mass is 16.5.